The number of hydrogen-bond acceptors (Lipinski definition) is 14. The zero-order valence-corrected chi connectivity index (χ0v) is 22.7. The van der Waals surface area contributed by atoms with Gasteiger partial charge in [-0.1, -0.05) is 0 Å². The van der Waals surface area contributed by atoms with Crippen molar-refractivity contribution in [2.24, 2.45) is 0 Å². The van der Waals surface area contributed by atoms with Gasteiger partial charge in [0.25, 0.3) is 0 Å². The van der Waals surface area contributed by atoms with Crippen LogP contribution >= 0.6 is 0 Å². The highest BCUT2D eigenvalue weighted by molar-refractivity contribution is 5.91. The van der Waals surface area contributed by atoms with Crippen LogP contribution in [-0.2, 0) is 18.9 Å². The number of aromatic nitrogens is 4. The maximum Gasteiger partial charge on any atom is 0.340 e. The predicted octanol–water partition coefficient (Wildman–Crippen LogP) is 1.20. The third-order valence-corrected chi connectivity index (χ3v) is 6.56. The van der Waals surface area contributed by atoms with Gasteiger partial charge >= 0.3 is 23.9 Å². The summed E-state index contributed by atoms with van der Waals surface area (Å²) in [6, 6.07) is 11.4. The summed E-state index contributed by atoms with van der Waals surface area (Å²) < 4.78 is 22.4. The molecular formula is C30H24N4O10. The van der Waals surface area contributed by atoms with Crippen LogP contribution < -0.4 is 0 Å². The van der Waals surface area contributed by atoms with E-state index in [9.17, 15) is 29.4 Å². The van der Waals surface area contributed by atoms with Crippen LogP contribution in [0, 0.1) is 0 Å². The smallest absolute Gasteiger partial charge is 0.340 e. The molecule has 0 amide bonds. The highest BCUT2D eigenvalue weighted by Gasteiger charge is 2.57. The number of esters is 4. The van der Waals surface area contributed by atoms with Gasteiger partial charge in [-0.15, -0.1) is 0 Å². The largest absolute Gasteiger partial charge is 0.452 e. The van der Waals surface area contributed by atoms with Crippen LogP contribution in [0.1, 0.15) is 41.4 Å². The fourth-order valence-corrected chi connectivity index (χ4v) is 4.39. The number of aliphatic hydroxyl groups excluding tert-OH is 2. The fraction of sp³-hybridized carbons (Fsp3) is 0.200. The summed E-state index contributed by atoms with van der Waals surface area (Å²) in [5, 5.41) is 22.4. The van der Waals surface area contributed by atoms with Crippen molar-refractivity contribution in [1.29, 1.82) is 0 Å². The first-order valence-corrected chi connectivity index (χ1v) is 13.1. The Morgan fingerprint density at radius 2 is 0.705 bits per heavy atom. The summed E-state index contributed by atoms with van der Waals surface area (Å²) in [5.41, 5.74) is -0.125. The van der Waals surface area contributed by atoms with Gasteiger partial charge in [-0.3, -0.25) is 19.9 Å². The maximum atomic E-state index is 13.2. The Morgan fingerprint density at radius 1 is 0.455 bits per heavy atom. The highest BCUT2D eigenvalue weighted by atomic mass is 16.6. The van der Waals surface area contributed by atoms with E-state index < -0.39 is 60.5 Å². The van der Waals surface area contributed by atoms with Gasteiger partial charge in [-0.25, -0.2) is 19.2 Å². The van der Waals surface area contributed by atoms with Crippen molar-refractivity contribution in [1.82, 2.24) is 19.9 Å². The van der Waals surface area contributed by atoms with Gasteiger partial charge in [-0.2, -0.15) is 0 Å². The summed E-state index contributed by atoms with van der Waals surface area (Å²) in [7, 11) is 0. The number of carbonyl (C=O) groups is 4. The molecule has 0 radical (unpaired) electrons. The third-order valence-electron chi connectivity index (χ3n) is 6.56. The number of nitrogens with zero attached hydrogens (tertiary/aromatic N) is 4. The molecule has 0 aromatic carbocycles. The van der Waals surface area contributed by atoms with Crippen molar-refractivity contribution in [2.75, 3.05) is 0 Å². The number of ether oxygens (including phenoxy) is 4. The number of rotatable bonds is 8. The van der Waals surface area contributed by atoms with E-state index in [4.69, 9.17) is 18.9 Å². The Balaban J connectivity index is 1.55. The monoisotopic (exact) mass is 600 g/mol. The van der Waals surface area contributed by atoms with Crippen molar-refractivity contribution in [3.05, 3.63) is 120 Å². The Hall–Kier alpha value is -5.60. The average molecular weight is 601 g/mol. The normalized spacial score (nSPS) is 22.7. The van der Waals surface area contributed by atoms with Gasteiger partial charge in [0.05, 0.1) is 22.3 Å². The molecule has 0 spiro atoms. The Labute approximate surface area is 249 Å². The van der Waals surface area contributed by atoms with Gasteiger partial charge < -0.3 is 29.2 Å². The molecule has 14 nitrogen and oxygen atoms in total. The minimum Gasteiger partial charge on any atom is -0.452 e. The predicted molar refractivity (Wildman–Crippen MR) is 146 cm³/mol. The molecular weight excluding hydrogens is 576 g/mol. The Morgan fingerprint density at radius 3 is 0.932 bits per heavy atom. The lowest BCUT2D eigenvalue weighted by Crippen LogP contribution is -2.67. The average Bonchev–Trinajstić information content (AvgIpc) is 3.08. The molecule has 4 heterocycles. The van der Waals surface area contributed by atoms with Crippen LogP contribution in [0.2, 0.25) is 0 Å². The molecule has 14 heteroatoms. The van der Waals surface area contributed by atoms with E-state index in [1.165, 1.54) is 98.1 Å². The zero-order chi connectivity index (χ0) is 31.1. The molecule has 1 fully saturated rings. The third kappa shape index (κ3) is 6.72. The molecule has 6 atom stereocenters. The lowest BCUT2D eigenvalue weighted by atomic mass is 9.84. The van der Waals surface area contributed by atoms with E-state index >= 15 is 0 Å². The summed E-state index contributed by atoms with van der Waals surface area (Å²) in [4.78, 5) is 68.0. The molecule has 2 N–H and O–H groups in total. The number of hydrogen-bond donors (Lipinski definition) is 2. The molecule has 0 bridgehead atoms. The van der Waals surface area contributed by atoms with Crippen LogP contribution in [0.3, 0.4) is 0 Å². The minimum atomic E-state index is -2.00. The van der Waals surface area contributed by atoms with Crippen LogP contribution in [0.5, 0.6) is 0 Å². The van der Waals surface area contributed by atoms with E-state index in [-0.39, 0.29) is 22.3 Å². The standard InChI is InChI=1S/C30H24N4O10/c35-21-22(36)24(42-28(38)18-6-2-10-32-14-18)26(44-30(40)20-8-4-12-34-16-20)25(43-29(39)19-7-3-11-33-15-19)23(21)41-27(37)17-5-1-9-31-13-17/h1-16,21-26,35-36H/t21-,22+,23-,24+,25-,26-/m1/s1. The molecule has 0 unspecified atom stereocenters. The minimum absolute atomic E-state index is 0.0273. The summed E-state index contributed by atoms with van der Waals surface area (Å²) in [6.45, 7) is 0. The van der Waals surface area contributed by atoms with Crippen LogP contribution in [-0.4, -0.2) is 90.6 Å². The van der Waals surface area contributed by atoms with Crippen LogP contribution in [0.15, 0.2) is 98.1 Å². The number of carbonyl (C=O) groups excluding carboxylic acids is 4. The lowest BCUT2D eigenvalue weighted by Gasteiger charge is -2.45. The van der Waals surface area contributed by atoms with E-state index in [0.717, 1.165) is 0 Å². The van der Waals surface area contributed by atoms with Gasteiger partial charge in [0, 0.05) is 49.6 Å². The second-order valence-electron chi connectivity index (χ2n) is 9.43. The van der Waals surface area contributed by atoms with Gasteiger partial charge in [0.2, 0.25) is 0 Å². The van der Waals surface area contributed by atoms with E-state index in [1.54, 1.807) is 0 Å². The Bertz CT molecular complexity index is 1470. The van der Waals surface area contributed by atoms with Crippen molar-refractivity contribution in [3.8, 4) is 0 Å². The summed E-state index contributed by atoms with van der Waals surface area (Å²) in [6.07, 6.45) is -0.790. The van der Waals surface area contributed by atoms with Crippen LogP contribution in [0.25, 0.3) is 0 Å². The SMILES string of the molecule is O=C(O[C@H]1[C@H](OC(=O)c2cccnc2)[C@@H](OC(=O)c2cccnc2)[C@@H](O)[C@@H](O)[C@H]1OC(=O)c1cccnc1)c1cccnc1. The van der Waals surface area contributed by atoms with Crippen LogP contribution in [0.4, 0.5) is 0 Å². The highest BCUT2D eigenvalue weighted by Crippen LogP contribution is 2.32. The van der Waals surface area contributed by atoms with E-state index in [2.05, 4.69) is 19.9 Å². The number of pyridine rings is 4. The molecule has 5 rings (SSSR count). The quantitative estimate of drug-likeness (QED) is 0.216. The maximum absolute atomic E-state index is 13.2. The molecule has 44 heavy (non-hydrogen) atoms. The van der Waals surface area contributed by atoms with Crippen molar-refractivity contribution < 1.29 is 48.3 Å². The van der Waals surface area contributed by atoms with E-state index in [1.807, 2.05) is 0 Å². The number of aliphatic hydroxyl groups is 2. The zero-order valence-electron chi connectivity index (χ0n) is 22.7. The first kappa shape index (κ1) is 29.9. The molecule has 0 saturated heterocycles. The Kier molecular flexibility index (Phi) is 9.22. The molecule has 0 aliphatic heterocycles. The molecule has 1 saturated carbocycles. The van der Waals surface area contributed by atoms with Gasteiger partial charge in [0.15, 0.2) is 24.4 Å². The molecule has 4 aromatic rings. The van der Waals surface area contributed by atoms with Crippen molar-refractivity contribution >= 4 is 23.9 Å². The summed E-state index contributed by atoms with van der Waals surface area (Å²) >= 11 is 0. The molecule has 4 aromatic heterocycles. The summed E-state index contributed by atoms with van der Waals surface area (Å²) in [5.74, 6) is -4.01. The second-order valence-corrected chi connectivity index (χ2v) is 9.43. The van der Waals surface area contributed by atoms with Gasteiger partial charge in [-0.05, 0) is 48.5 Å². The topological polar surface area (TPSA) is 197 Å². The van der Waals surface area contributed by atoms with E-state index in [0.29, 0.717) is 0 Å². The first-order valence-electron chi connectivity index (χ1n) is 13.1. The second kappa shape index (κ2) is 13.6. The lowest BCUT2D eigenvalue weighted by molar-refractivity contribution is -0.223. The first-order chi connectivity index (χ1) is 21.3. The fourth-order valence-electron chi connectivity index (χ4n) is 4.39. The molecule has 224 valence electrons. The van der Waals surface area contributed by atoms with Crippen molar-refractivity contribution in [2.45, 2.75) is 36.6 Å². The molecule has 1 aliphatic carbocycles. The van der Waals surface area contributed by atoms with Gasteiger partial charge in [0.1, 0.15) is 12.2 Å². The van der Waals surface area contributed by atoms with Crippen molar-refractivity contribution in [3.63, 3.8) is 0 Å². The molecule has 1 aliphatic rings.